The van der Waals surface area contributed by atoms with Crippen LogP contribution in [0, 0.1) is 5.92 Å². The lowest BCUT2D eigenvalue weighted by Gasteiger charge is -2.33. The van der Waals surface area contributed by atoms with Gasteiger partial charge in [-0.15, -0.1) is 10.2 Å². The van der Waals surface area contributed by atoms with Gasteiger partial charge in [0, 0.05) is 24.9 Å². The van der Waals surface area contributed by atoms with E-state index in [1.54, 1.807) is 0 Å². The van der Waals surface area contributed by atoms with Gasteiger partial charge in [0.1, 0.15) is 0 Å². The van der Waals surface area contributed by atoms with Crippen LogP contribution >= 0.6 is 0 Å². The summed E-state index contributed by atoms with van der Waals surface area (Å²) >= 11 is 0. The largest absolute Gasteiger partial charge is 0.342 e. The normalized spacial score (nSPS) is 19.2. The number of tetrazole rings is 1. The molecule has 1 fully saturated rings. The van der Waals surface area contributed by atoms with E-state index in [9.17, 15) is 4.79 Å². The number of H-pyrrole nitrogens is 1. The molecule has 1 N–H and O–H groups in total. The fraction of sp³-hybridized carbons (Fsp3) is 0.556. The minimum absolute atomic E-state index is 0.0673. The first kappa shape index (κ1) is 16.6. The van der Waals surface area contributed by atoms with Gasteiger partial charge in [0.2, 0.25) is 5.91 Å². The number of aryl methyl sites for hydroxylation is 1. The van der Waals surface area contributed by atoms with Crippen molar-refractivity contribution in [1.82, 2.24) is 25.5 Å². The van der Waals surface area contributed by atoms with Crippen molar-refractivity contribution in [3.05, 3.63) is 41.7 Å². The molecule has 2 atom stereocenters. The molecule has 2 aromatic rings. The average molecular weight is 327 g/mol. The molecule has 1 aliphatic heterocycles. The fourth-order valence-electron chi connectivity index (χ4n) is 3.42. The highest BCUT2D eigenvalue weighted by atomic mass is 16.2. The van der Waals surface area contributed by atoms with E-state index < -0.39 is 0 Å². The Balaban J connectivity index is 1.48. The molecule has 0 saturated carbocycles. The quantitative estimate of drug-likeness (QED) is 0.885. The third-order valence-electron chi connectivity index (χ3n) is 4.83. The lowest BCUT2D eigenvalue weighted by atomic mass is 9.94. The van der Waals surface area contributed by atoms with Gasteiger partial charge in [-0.2, -0.15) is 5.21 Å². The fourth-order valence-corrected chi connectivity index (χ4v) is 3.42. The maximum Gasteiger partial charge on any atom is 0.225 e. The number of carbonyl (C=O) groups is 1. The Morgan fingerprint density at radius 2 is 2.21 bits per heavy atom. The predicted octanol–water partition coefficient (Wildman–Crippen LogP) is 2.56. The first-order chi connectivity index (χ1) is 11.7. The van der Waals surface area contributed by atoms with Crippen LogP contribution in [0.25, 0.3) is 0 Å². The summed E-state index contributed by atoms with van der Waals surface area (Å²) in [4.78, 5) is 14.7. The van der Waals surface area contributed by atoms with Crippen LogP contribution in [-0.2, 0) is 11.2 Å². The van der Waals surface area contributed by atoms with Crippen molar-refractivity contribution in [2.75, 3.05) is 13.1 Å². The second-order valence-electron chi connectivity index (χ2n) is 6.67. The van der Waals surface area contributed by atoms with Crippen LogP contribution in [0.1, 0.15) is 49.9 Å². The van der Waals surface area contributed by atoms with Gasteiger partial charge >= 0.3 is 0 Å². The molecular formula is C18H25N5O. The number of aromatic amines is 1. The highest BCUT2D eigenvalue weighted by molar-refractivity contribution is 5.78. The molecule has 2 heterocycles. The van der Waals surface area contributed by atoms with Crippen molar-refractivity contribution < 1.29 is 4.79 Å². The SMILES string of the molecule is CC(CCCc1ccccc1)C(=O)N1CCCC(c2nn[nH]n2)C1. The number of aromatic nitrogens is 4. The highest BCUT2D eigenvalue weighted by Crippen LogP contribution is 2.25. The van der Waals surface area contributed by atoms with Crippen molar-refractivity contribution in [2.45, 2.75) is 44.9 Å². The molecule has 1 aromatic heterocycles. The maximum absolute atomic E-state index is 12.7. The van der Waals surface area contributed by atoms with E-state index in [-0.39, 0.29) is 17.7 Å². The van der Waals surface area contributed by atoms with Gasteiger partial charge in [-0.25, -0.2) is 0 Å². The van der Waals surface area contributed by atoms with Gasteiger partial charge < -0.3 is 4.90 Å². The van der Waals surface area contributed by atoms with Gasteiger partial charge in [0.15, 0.2) is 5.82 Å². The van der Waals surface area contributed by atoms with E-state index in [0.29, 0.717) is 6.54 Å². The Kier molecular flexibility index (Phi) is 5.56. The smallest absolute Gasteiger partial charge is 0.225 e. The monoisotopic (exact) mass is 327 g/mol. The molecular weight excluding hydrogens is 302 g/mol. The molecule has 24 heavy (non-hydrogen) atoms. The summed E-state index contributed by atoms with van der Waals surface area (Å²) in [6.07, 6.45) is 5.02. The molecule has 1 amide bonds. The van der Waals surface area contributed by atoms with Crippen LogP contribution < -0.4 is 0 Å². The van der Waals surface area contributed by atoms with Crippen molar-refractivity contribution in [3.63, 3.8) is 0 Å². The zero-order valence-electron chi connectivity index (χ0n) is 14.2. The molecule has 0 radical (unpaired) electrons. The number of piperidine rings is 1. The summed E-state index contributed by atoms with van der Waals surface area (Å²) in [5.41, 5.74) is 1.34. The van der Waals surface area contributed by atoms with Crippen LogP contribution in [0.4, 0.5) is 0 Å². The Labute approximate surface area is 142 Å². The van der Waals surface area contributed by atoms with Gasteiger partial charge in [-0.1, -0.05) is 42.5 Å². The molecule has 6 nitrogen and oxygen atoms in total. The molecule has 0 aliphatic carbocycles. The Morgan fingerprint density at radius 1 is 1.38 bits per heavy atom. The topological polar surface area (TPSA) is 74.8 Å². The van der Waals surface area contributed by atoms with Gasteiger partial charge in [0.25, 0.3) is 0 Å². The number of hydrogen-bond donors (Lipinski definition) is 1. The predicted molar refractivity (Wildman–Crippen MR) is 91.3 cm³/mol. The zero-order chi connectivity index (χ0) is 16.8. The van der Waals surface area contributed by atoms with E-state index in [1.807, 2.05) is 17.9 Å². The van der Waals surface area contributed by atoms with E-state index in [1.165, 1.54) is 5.56 Å². The van der Waals surface area contributed by atoms with Gasteiger partial charge in [0.05, 0.1) is 0 Å². The molecule has 0 spiro atoms. The lowest BCUT2D eigenvalue weighted by Crippen LogP contribution is -2.42. The van der Waals surface area contributed by atoms with E-state index in [0.717, 1.165) is 44.5 Å². The number of amides is 1. The second-order valence-corrected chi connectivity index (χ2v) is 6.67. The maximum atomic E-state index is 12.7. The van der Waals surface area contributed by atoms with Crippen molar-refractivity contribution in [1.29, 1.82) is 0 Å². The minimum atomic E-state index is 0.0673. The molecule has 1 aliphatic rings. The summed E-state index contributed by atoms with van der Waals surface area (Å²) in [7, 11) is 0. The lowest BCUT2D eigenvalue weighted by molar-refractivity contribution is -0.136. The molecule has 6 heteroatoms. The molecule has 1 saturated heterocycles. The number of rotatable bonds is 6. The molecule has 2 unspecified atom stereocenters. The van der Waals surface area contributed by atoms with Crippen LogP contribution in [0.15, 0.2) is 30.3 Å². The molecule has 3 rings (SSSR count). The standard InChI is InChI=1S/C18H25N5O/c1-14(7-5-10-15-8-3-2-4-9-15)18(24)23-12-6-11-16(13-23)17-19-21-22-20-17/h2-4,8-9,14,16H,5-7,10-13H2,1H3,(H,19,20,21,22). The van der Waals surface area contributed by atoms with Crippen LogP contribution in [0.2, 0.25) is 0 Å². The summed E-state index contributed by atoms with van der Waals surface area (Å²) < 4.78 is 0. The third-order valence-corrected chi connectivity index (χ3v) is 4.83. The van der Waals surface area contributed by atoms with E-state index >= 15 is 0 Å². The van der Waals surface area contributed by atoms with Gasteiger partial charge in [-0.05, 0) is 37.7 Å². The first-order valence-electron chi connectivity index (χ1n) is 8.80. The number of likely N-dealkylation sites (tertiary alicyclic amines) is 1. The molecule has 128 valence electrons. The van der Waals surface area contributed by atoms with Crippen LogP contribution in [-0.4, -0.2) is 44.5 Å². The van der Waals surface area contributed by atoms with Crippen LogP contribution in [0.5, 0.6) is 0 Å². The Morgan fingerprint density at radius 3 is 2.96 bits per heavy atom. The summed E-state index contributed by atoms with van der Waals surface area (Å²) in [5.74, 6) is 1.26. The van der Waals surface area contributed by atoms with Crippen molar-refractivity contribution in [3.8, 4) is 0 Å². The number of nitrogens with one attached hydrogen (secondary N) is 1. The highest BCUT2D eigenvalue weighted by Gasteiger charge is 2.29. The zero-order valence-corrected chi connectivity index (χ0v) is 14.2. The average Bonchev–Trinajstić information content (AvgIpc) is 3.17. The third kappa shape index (κ3) is 4.19. The number of carbonyl (C=O) groups excluding carboxylic acids is 1. The summed E-state index contributed by atoms with van der Waals surface area (Å²) in [6, 6.07) is 10.5. The number of hydrogen-bond acceptors (Lipinski definition) is 4. The Bertz CT molecular complexity index is 628. The molecule has 1 aromatic carbocycles. The van der Waals surface area contributed by atoms with E-state index in [4.69, 9.17) is 0 Å². The van der Waals surface area contributed by atoms with Crippen LogP contribution in [0.3, 0.4) is 0 Å². The minimum Gasteiger partial charge on any atom is -0.342 e. The van der Waals surface area contributed by atoms with E-state index in [2.05, 4.69) is 44.9 Å². The van der Waals surface area contributed by atoms with Crippen molar-refractivity contribution in [2.24, 2.45) is 5.92 Å². The summed E-state index contributed by atoms with van der Waals surface area (Å²) in [5, 5.41) is 14.3. The van der Waals surface area contributed by atoms with Crippen molar-refractivity contribution >= 4 is 5.91 Å². The number of nitrogens with zero attached hydrogens (tertiary/aromatic N) is 4. The summed E-state index contributed by atoms with van der Waals surface area (Å²) in [6.45, 7) is 3.60. The Hall–Kier alpha value is -2.24. The molecule has 0 bridgehead atoms. The second kappa shape index (κ2) is 8.04. The first-order valence-corrected chi connectivity index (χ1v) is 8.80. The number of benzene rings is 1. The van der Waals surface area contributed by atoms with Gasteiger partial charge in [-0.3, -0.25) is 4.79 Å².